The molecule has 4 fully saturated rings. The molecule has 4 aliphatic carbocycles. The maximum atomic E-state index is 5.76. The second kappa shape index (κ2) is 4.64. The van der Waals surface area contributed by atoms with Crippen LogP contribution in [0.4, 0.5) is 0 Å². The minimum Gasteiger partial charge on any atom is -0.271 e. The summed E-state index contributed by atoms with van der Waals surface area (Å²) < 4.78 is 0. The molecule has 0 aliphatic heterocycles. The van der Waals surface area contributed by atoms with E-state index in [0.717, 1.165) is 24.2 Å². The van der Waals surface area contributed by atoms with Gasteiger partial charge in [-0.05, 0) is 81.5 Å². The van der Waals surface area contributed by atoms with E-state index >= 15 is 0 Å². The smallest absolute Gasteiger partial charge is 0.0252 e. The summed E-state index contributed by atoms with van der Waals surface area (Å²) in [4.78, 5) is 0. The molecule has 18 heavy (non-hydrogen) atoms. The van der Waals surface area contributed by atoms with Gasteiger partial charge in [0.15, 0.2) is 0 Å². The minimum atomic E-state index is 0.443. The average molecular weight is 248 g/mol. The van der Waals surface area contributed by atoms with Crippen LogP contribution >= 0.6 is 0 Å². The summed E-state index contributed by atoms with van der Waals surface area (Å²) in [5, 5.41) is 0. The standard InChI is InChI=1S/C16H28N2/c1-11(2)3-15(18-17)10-16-7-12-4-13(8-16)6-14(5-12)9-16/h12-15,18H,1,3-10,17H2,2H3. The Kier molecular flexibility index (Phi) is 3.27. The Balaban J connectivity index is 1.69. The van der Waals surface area contributed by atoms with Gasteiger partial charge in [-0.1, -0.05) is 5.57 Å². The van der Waals surface area contributed by atoms with Crippen LogP contribution in [0.15, 0.2) is 12.2 Å². The SMILES string of the molecule is C=C(C)CC(CC12CC3CC(CC(C3)C1)C2)NN. The first-order valence-electron chi connectivity index (χ1n) is 7.69. The zero-order valence-corrected chi connectivity index (χ0v) is 11.8. The number of nitrogens with one attached hydrogen (secondary N) is 1. The Bertz CT molecular complexity index is 299. The van der Waals surface area contributed by atoms with E-state index in [1.165, 1.54) is 50.5 Å². The normalized spacial score (nSPS) is 43.1. The molecule has 0 amide bonds. The molecule has 4 bridgehead atoms. The van der Waals surface area contributed by atoms with Crippen LogP contribution in [-0.2, 0) is 0 Å². The zero-order valence-electron chi connectivity index (χ0n) is 11.8. The van der Waals surface area contributed by atoms with Crippen molar-refractivity contribution < 1.29 is 0 Å². The lowest BCUT2D eigenvalue weighted by Crippen LogP contribution is -2.49. The fourth-order valence-corrected chi connectivity index (χ4v) is 5.67. The molecule has 102 valence electrons. The van der Waals surface area contributed by atoms with Crippen LogP contribution in [0.2, 0.25) is 0 Å². The van der Waals surface area contributed by atoms with Gasteiger partial charge in [0.1, 0.15) is 0 Å². The number of hydrogen-bond donors (Lipinski definition) is 2. The van der Waals surface area contributed by atoms with Gasteiger partial charge in [-0.15, -0.1) is 6.58 Å². The van der Waals surface area contributed by atoms with E-state index in [0.29, 0.717) is 11.5 Å². The average Bonchev–Trinajstić information content (AvgIpc) is 2.25. The molecule has 2 nitrogen and oxygen atoms in total. The fourth-order valence-electron chi connectivity index (χ4n) is 5.67. The summed E-state index contributed by atoms with van der Waals surface area (Å²) >= 11 is 0. The van der Waals surface area contributed by atoms with Crippen LogP contribution in [0.5, 0.6) is 0 Å². The highest BCUT2D eigenvalue weighted by molar-refractivity contribution is 5.04. The molecule has 0 heterocycles. The van der Waals surface area contributed by atoms with Crippen LogP contribution in [-0.4, -0.2) is 6.04 Å². The van der Waals surface area contributed by atoms with E-state index in [1.807, 2.05) is 0 Å². The third-order valence-electron chi connectivity index (χ3n) is 5.68. The summed E-state index contributed by atoms with van der Waals surface area (Å²) in [5.41, 5.74) is 4.93. The molecule has 2 heteroatoms. The maximum Gasteiger partial charge on any atom is 0.0252 e. The van der Waals surface area contributed by atoms with E-state index in [9.17, 15) is 0 Å². The van der Waals surface area contributed by atoms with Crippen molar-refractivity contribution in [2.75, 3.05) is 0 Å². The summed E-state index contributed by atoms with van der Waals surface area (Å²) in [7, 11) is 0. The molecule has 1 atom stereocenters. The van der Waals surface area contributed by atoms with Gasteiger partial charge in [-0.3, -0.25) is 11.3 Å². The third kappa shape index (κ3) is 2.37. The maximum absolute atomic E-state index is 5.76. The topological polar surface area (TPSA) is 38.0 Å². The Morgan fingerprint density at radius 3 is 2.11 bits per heavy atom. The molecule has 0 aromatic rings. The number of hydrogen-bond acceptors (Lipinski definition) is 2. The van der Waals surface area contributed by atoms with Gasteiger partial charge in [-0.25, -0.2) is 0 Å². The Morgan fingerprint density at radius 1 is 1.22 bits per heavy atom. The first kappa shape index (κ1) is 12.7. The molecule has 0 saturated heterocycles. The quantitative estimate of drug-likeness (QED) is 0.444. The molecule has 4 aliphatic rings. The van der Waals surface area contributed by atoms with Crippen molar-refractivity contribution in [3.8, 4) is 0 Å². The van der Waals surface area contributed by atoms with Crippen molar-refractivity contribution in [3.05, 3.63) is 12.2 Å². The largest absolute Gasteiger partial charge is 0.271 e. The first-order chi connectivity index (χ1) is 8.58. The summed E-state index contributed by atoms with van der Waals surface area (Å²) in [6.07, 6.45) is 11.3. The van der Waals surface area contributed by atoms with Crippen LogP contribution < -0.4 is 11.3 Å². The van der Waals surface area contributed by atoms with Crippen LogP contribution in [0.3, 0.4) is 0 Å². The van der Waals surface area contributed by atoms with Crippen LogP contribution in [0.25, 0.3) is 0 Å². The molecule has 4 saturated carbocycles. The highest BCUT2D eigenvalue weighted by Gasteiger charge is 2.51. The second-order valence-electron chi connectivity index (χ2n) is 7.65. The lowest BCUT2D eigenvalue weighted by Gasteiger charge is -2.57. The molecule has 0 radical (unpaired) electrons. The van der Waals surface area contributed by atoms with E-state index in [1.54, 1.807) is 0 Å². The minimum absolute atomic E-state index is 0.443. The Labute approximate surface area is 111 Å². The van der Waals surface area contributed by atoms with E-state index < -0.39 is 0 Å². The molecule has 0 spiro atoms. The molecule has 0 aromatic heterocycles. The van der Waals surface area contributed by atoms with Gasteiger partial charge < -0.3 is 0 Å². The van der Waals surface area contributed by atoms with Crippen molar-refractivity contribution in [3.63, 3.8) is 0 Å². The van der Waals surface area contributed by atoms with Crippen molar-refractivity contribution in [1.82, 2.24) is 5.43 Å². The monoisotopic (exact) mass is 248 g/mol. The van der Waals surface area contributed by atoms with Gasteiger partial charge in [0.2, 0.25) is 0 Å². The van der Waals surface area contributed by atoms with Gasteiger partial charge in [0.05, 0.1) is 0 Å². The molecule has 3 N–H and O–H groups in total. The van der Waals surface area contributed by atoms with E-state index in [2.05, 4.69) is 18.9 Å². The molecular weight excluding hydrogens is 220 g/mol. The first-order valence-corrected chi connectivity index (χ1v) is 7.69. The van der Waals surface area contributed by atoms with Crippen molar-refractivity contribution in [2.45, 2.75) is 64.3 Å². The third-order valence-corrected chi connectivity index (χ3v) is 5.68. The number of hydrazine groups is 1. The van der Waals surface area contributed by atoms with Crippen molar-refractivity contribution >= 4 is 0 Å². The molecule has 4 rings (SSSR count). The number of rotatable bonds is 5. The van der Waals surface area contributed by atoms with Gasteiger partial charge in [0.25, 0.3) is 0 Å². The predicted molar refractivity (Wildman–Crippen MR) is 75.8 cm³/mol. The van der Waals surface area contributed by atoms with E-state index in [4.69, 9.17) is 5.84 Å². The predicted octanol–water partition coefficient (Wildman–Crippen LogP) is 3.39. The molecule has 0 aromatic carbocycles. The summed E-state index contributed by atoms with van der Waals surface area (Å²) in [6, 6.07) is 0.443. The second-order valence-corrected chi connectivity index (χ2v) is 7.65. The Morgan fingerprint density at radius 2 is 1.72 bits per heavy atom. The number of nitrogens with two attached hydrogens (primary N) is 1. The highest BCUT2D eigenvalue weighted by Crippen LogP contribution is 2.61. The van der Waals surface area contributed by atoms with Gasteiger partial charge in [0, 0.05) is 6.04 Å². The lowest BCUT2D eigenvalue weighted by molar-refractivity contribution is -0.0619. The van der Waals surface area contributed by atoms with Gasteiger partial charge in [-0.2, -0.15) is 0 Å². The molecular formula is C16H28N2. The van der Waals surface area contributed by atoms with Crippen LogP contribution in [0.1, 0.15) is 58.3 Å². The van der Waals surface area contributed by atoms with Crippen molar-refractivity contribution in [2.24, 2.45) is 29.0 Å². The zero-order chi connectivity index (χ0) is 12.8. The Hall–Kier alpha value is -0.340. The lowest BCUT2D eigenvalue weighted by atomic mass is 9.48. The van der Waals surface area contributed by atoms with Crippen molar-refractivity contribution in [1.29, 1.82) is 0 Å². The molecule has 1 unspecified atom stereocenters. The fraction of sp³-hybridized carbons (Fsp3) is 0.875. The highest BCUT2D eigenvalue weighted by atomic mass is 15.2. The van der Waals surface area contributed by atoms with Gasteiger partial charge >= 0.3 is 0 Å². The van der Waals surface area contributed by atoms with Crippen LogP contribution in [0, 0.1) is 23.2 Å². The summed E-state index contributed by atoms with van der Waals surface area (Å²) in [6.45, 7) is 6.16. The summed E-state index contributed by atoms with van der Waals surface area (Å²) in [5.74, 6) is 8.88. The van der Waals surface area contributed by atoms with E-state index in [-0.39, 0.29) is 0 Å².